The van der Waals surface area contributed by atoms with Gasteiger partial charge >= 0.3 is 18.1 Å². The summed E-state index contributed by atoms with van der Waals surface area (Å²) in [6, 6.07) is 6.73. The second-order valence-electron chi connectivity index (χ2n) is 5.27. The Hall–Kier alpha value is -1.61. The second-order valence-corrected chi connectivity index (χ2v) is 6.19. The van der Waals surface area contributed by atoms with E-state index in [9.17, 15) is 22.8 Å². The molecule has 1 aliphatic heterocycles. The molecule has 1 amide bonds. The number of carbonyl (C=O) groups excluding carboxylic acids is 2. The first-order valence-corrected chi connectivity index (χ1v) is 8.08. The molecule has 1 saturated heterocycles. The number of piperazine rings is 1. The molecule has 0 unspecified atom stereocenters. The van der Waals surface area contributed by atoms with Gasteiger partial charge in [0, 0.05) is 37.2 Å². The molecule has 0 saturated carbocycles. The molecule has 132 valence electrons. The molecule has 1 aromatic rings. The van der Waals surface area contributed by atoms with Crippen molar-refractivity contribution in [2.45, 2.75) is 6.18 Å². The average Bonchev–Trinajstić information content (AvgIpc) is 2.54. The lowest BCUT2D eigenvalue weighted by Crippen LogP contribution is -2.52. The highest BCUT2D eigenvalue weighted by Crippen LogP contribution is 2.19. The van der Waals surface area contributed by atoms with Crippen molar-refractivity contribution in [3.05, 3.63) is 34.3 Å². The van der Waals surface area contributed by atoms with Crippen LogP contribution in [0.25, 0.3) is 0 Å². The molecule has 24 heavy (non-hydrogen) atoms. The third-order valence-corrected chi connectivity index (χ3v) is 4.15. The Morgan fingerprint density at radius 2 is 1.67 bits per heavy atom. The third-order valence-electron chi connectivity index (χ3n) is 3.62. The molecule has 0 aliphatic carbocycles. The Morgan fingerprint density at radius 3 is 2.21 bits per heavy atom. The number of halogens is 4. The van der Waals surface area contributed by atoms with Gasteiger partial charge in [-0.2, -0.15) is 13.2 Å². The van der Waals surface area contributed by atoms with Crippen LogP contribution in [-0.4, -0.2) is 67.2 Å². The van der Waals surface area contributed by atoms with E-state index in [0.717, 1.165) is 9.37 Å². The molecule has 9 heteroatoms. The van der Waals surface area contributed by atoms with Crippen LogP contribution in [0.3, 0.4) is 0 Å². The number of hydrogen-bond donors (Lipinski definition) is 0. The Morgan fingerprint density at radius 1 is 1.08 bits per heavy atom. The largest absolute Gasteiger partial charge is 0.471 e. The molecule has 1 aliphatic rings. The highest BCUT2D eigenvalue weighted by Gasteiger charge is 2.43. The van der Waals surface area contributed by atoms with E-state index in [1.807, 2.05) is 4.90 Å². The van der Waals surface area contributed by atoms with Crippen LogP contribution in [0.1, 0.15) is 10.4 Å². The van der Waals surface area contributed by atoms with Crippen molar-refractivity contribution in [1.82, 2.24) is 9.80 Å². The van der Waals surface area contributed by atoms with Crippen molar-refractivity contribution in [2.75, 3.05) is 39.3 Å². The lowest BCUT2D eigenvalue weighted by Gasteiger charge is -2.34. The molecule has 1 aromatic carbocycles. The van der Waals surface area contributed by atoms with Gasteiger partial charge in [0.15, 0.2) is 0 Å². The minimum atomic E-state index is -4.83. The maximum Gasteiger partial charge on any atom is 0.471 e. The van der Waals surface area contributed by atoms with Gasteiger partial charge in [-0.25, -0.2) is 4.79 Å². The van der Waals surface area contributed by atoms with E-state index in [4.69, 9.17) is 4.74 Å². The van der Waals surface area contributed by atoms with Crippen molar-refractivity contribution in [1.29, 1.82) is 0 Å². The zero-order valence-electron chi connectivity index (χ0n) is 12.7. The van der Waals surface area contributed by atoms with Crippen molar-refractivity contribution in [3.8, 4) is 0 Å². The number of esters is 1. The van der Waals surface area contributed by atoms with Gasteiger partial charge < -0.3 is 9.64 Å². The molecule has 0 spiro atoms. The molecule has 1 heterocycles. The zero-order valence-corrected chi connectivity index (χ0v) is 14.3. The maximum absolute atomic E-state index is 12.3. The van der Waals surface area contributed by atoms with Crippen LogP contribution >= 0.6 is 15.9 Å². The number of carbonyl (C=O) groups is 2. The van der Waals surface area contributed by atoms with Gasteiger partial charge in [0.2, 0.25) is 0 Å². The van der Waals surface area contributed by atoms with Crippen LogP contribution in [0.5, 0.6) is 0 Å². The molecule has 5 nitrogen and oxygen atoms in total. The average molecular weight is 409 g/mol. The zero-order chi connectivity index (χ0) is 17.7. The molecular weight excluding hydrogens is 393 g/mol. The van der Waals surface area contributed by atoms with E-state index in [0.29, 0.717) is 25.2 Å². The summed E-state index contributed by atoms with van der Waals surface area (Å²) in [5, 5.41) is 0. The Bertz CT molecular complexity index is 585. The fraction of sp³-hybridized carbons (Fsp3) is 0.467. The fourth-order valence-corrected chi connectivity index (χ4v) is 2.55. The summed E-state index contributed by atoms with van der Waals surface area (Å²) in [4.78, 5) is 25.6. The summed E-state index contributed by atoms with van der Waals surface area (Å²) in [6.45, 7) is 1.21. The number of benzene rings is 1. The van der Waals surface area contributed by atoms with Crippen molar-refractivity contribution in [2.24, 2.45) is 0 Å². The molecular formula is C15H16BrF3N2O3. The van der Waals surface area contributed by atoms with Crippen LogP contribution in [0.4, 0.5) is 13.2 Å². The van der Waals surface area contributed by atoms with E-state index in [-0.39, 0.29) is 19.7 Å². The van der Waals surface area contributed by atoms with Crippen LogP contribution in [0, 0.1) is 0 Å². The van der Waals surface area contributed by atoms with E-state index >= 15 is 0 Å². The van der Waals surface area contributed by atoms with Crippen molar-refractivity contribution < 1.29 is 27.5 Å². The fourth-order valence-electron chi connectivity index (χ4n) is 2.29. The summed E-state index contributed by atoms with van der Waals surface area (Å²) < 4.78 is 43.0. The highest BCUT2D eigenvalue weighted by molar-refractivity contribution is 9.10. The molecule has 0 radical (unpaired) electrons. The predicted molar refractivity (Wildman–Crippen MR) is 83.5 cm³/mol. The minimum Gasteiger partial charge on any atom is -0.461 e. The van der Waals surface area contributed by atoms with E-state index in [1.165, 1.54) is 0 Å². The second kappa shape index (κ2) is 7.98. The Kier molecular flexibility index (Phi) is 6.22. The van der Waals surface area contributed by atoms with Gasteiger partial charge in [0.05, 0.1) is 5.56 Å². The van der Waals surface area contributed by atoms with Gasteiger partial charge in [-0.15, -0.1) is 0 Å². The summed E-state index contributed by atoms with van der Waals surface area (Å²) in [5.41, 5.74) is 0.429. The van der Waals surface area contributed by atoms with Crippen LogP contribution in [0.2, 0.25) is 0 Å². The van der Waals surface area contributed by atoms with Gasteiger partial charge in [-0.1, -0.05) is 15.9 Å². The van der Waals surface area contributed by atoms with Crippen LogP contribution < -0.4 is 0 Å². The number of ether oxygens (including phenoxy) is 1. The molecule has 2 rings (SSSR count). The van der Waals surface area contributed by atoms with Crippen molar-refractivity contribution >= 4 is 27.8 Å². The summed E-state index contributed by atoms with van der Waals surface area (Å²) >= 11 is 3.27. The SMILES string of the molecule is O=C(OCCN1CCN(C(=O)C(F)(F)F)CC1)c1ccc(Br)cc1. The molecule has 0 bridgehead atoms. The predicted octanol–water partition coefficient (Wildman–Crippen LogP) is 2.31. The van der Waals surface area contributed by atoms with E-state index < -0.39 is 18.1 Å². The van der Waals surface area contributed by atoms with Gasteiger partial charge in [-0.05, 0) is 24.3 Å². The van der Waals surface area contributed by atoms with E-state index in [1.54, 1.807) is 24.3 Å². The topological polar surface area (TPSA) is 49.9 Å². The number of rotatable bonds is 4. The quantitative estimate of drug-likeness (QED) is 0.717. The molecule has 1 fully saturated rings. The lowest BCUT2D eigenvalue weighted by molar-refractivity contribution is -0.187. The number of amides is 1. The smallest absolute Gasteiger partial charge is 0.461 e. The summed E-state index contributed by atoms with van der Waals surface area (Å²) in [7, 11) is 0. The van der Waals surface area contributed by atoms with Crippen molar-refractivity contribution in [3.63, 3.8) is 0 Å². The summed E-state index contributed by atoms with van der Waals surface area (Å²) in [5.74, 6) is -2.25. The highest BCUT2D eigenvalue weighted by atomic mass is 79.9. The summed E-state index contributed by atoms with van der Waals surface area (Å²) in [6.07, 6.45) is -4.83. The first-order valence-electron chi connectivity index (χ1n) is 7.28. The maximum atomic E-state index is 12.3. The Labute approximate surface area is 145 Å². The normalized spacial score (nSPS) is 16.1. The first-order chi connectivity index (χ1) is 11.3. The molecule has 0 atom stereocenters. The first kappa shape index (κ1) is 18.7. The Balaban J connectivity index is 1.70. The van der Waals surface area contributed by atoms with Gasteiger partial charge in [0.25, 0.3) is 0 Å². The molecule has 0 aromatic heterocycles. The lowest BCUT2D eigenvalue weighted by atomic mass is 10.2. The van der Waals surface area contributed by atoms with Gasteiger partial charge in [0.1, 0.15) is 6.61 Å². The third kappa shape index (κ3) is 5.20. The van der Waals surface area contributed by atoms with E-state index in [2.05, 4.69) is 15.9 Å². The minimum absolute atomic E-state index is 0.0129. The number of hydrogen-bond acceptors (Lipinski definition) is 4. The number of alkyl halides is 3. The standard InChI is InChI=1S/C15H16BrF3N2O3/c16-12-3-1-11(2-4-12)13(22)24-10-9-20-5-7-21(8-6-20)14(23)15(17,18)19/h1-4H,5-10H2. The molecule has 0 N–H and O–H groups in total. The number of nitrogens with zero attached hydrogens (tertiary/aromatic N) is 2. The van der Waals surface area contributed by atoms with Crippen LogP contribution in [-0.2, 0) is 9.53 Å². The van der Waals surface area contributed by atoms with Crippen LogP contribution in [0.15, 0.2) is 28.7 Å². The monoisotopic (exact) mass is 408 g/mol. The van der Waals surface area contributed by atoms with Gasteiger partial charge in [-0.3, -0.25) is 9.69 Å².